The van der Waals surface area contributed by atoms with Crippen LogP contribution in [-0.2, 0) is 14.4 Å². The van der Waals surface area contributed by atoms with Crippen LogP contribution in [0.5, 0.6) is 5.75 Å². The number of carboxylic acid groups (broad SMARTS) is 1. The zero-order valence-electron chi connectivity index (χ0n) is 11.9. The second kappa shape index (κ2) is 7.28. The minimum Gasteiger partial charge on any atom is -0.483 e. The molecule has 1 rings (SSSR count). The smallest absolute Gasteiger partial charge is 0.326 e. The van der Waals surface area contributed by atoms with Crippen LogP contribution >= 0.6 is 0 Å². The van der Waals surface area contributed by atoms with E-state index in [2.05, 4.69) is 5.32 Å². The normalized spacial score (nSPS) is 11.5. The highest BCUT2D eigenvalue weighted by Gasteiger charge is 2.22. The van der Waals surface area contributed by atoms with Crippen LogP contribution in [0.25, 0.3) is 0 Å². The van der Waals surface area contributed by atoms with Crippen LogP contribution < -0.4 is 15.8 Å². The summed E-state index contributed by atoms with van der Waals surface area (Å²) in [6, 6.07) is 4.07. The first-order chi connectivity index (χ1) is 9.81. The van der Waals surface area contributed by atoms with E-state index in [4.69, 9.17) is 15.6 Å². The molecule has 0 aliphatic heterocycles. The zero-order chi connectivity index (χ0) is 16.0. The summed E-state index contributed by atoms with van der Waals surface area (Å²) in [4.78, 5) is 33.3. The Labute approximate surface area is 122 Å². The maximum atomic E-state index is 11.7. The van der Waals surface area contributed by atoms with Gasteiger partial charge in [0.25, 0.3) is 5.91 Å². The topological polar surface area (TPSA) is 119 Å². The lowest BCUT2D eigenvalue weighted by molar-refractivity contribution is -0.143. The highest BCUT2D eigenvalue weighted by atomic mass is 16.5. The Kier molecular flexibility index (Phi) is 5.71. The first kappa shape index (κ1) is 16.5. The summed E-state index contributed by atoms with van der Waals surface area (Å²) in [7, 11) is 0. The lowest BCUT2D eigenvalue weighted by Gasteiger charge is -2.14. The molecule has 0 aliphatic rings. The third-order valence-corrected chi connectivity index (χ3v) is 2.95. The van der Waals surface area contributed by atoms with Gasteiger partial charge in [0.15, 0.2) is 6.61 Å². The zero-order valence-corrected chi connectivity index (χ0v) is 11.9. The van der Waals surface area contributed by atoms with E-state index in [1.165, 1.54) is 0 Å². The molecular formula is C14H18N2O5. The number of aliphatic carboxylic acids is 1. The van der Waals surface area contributed by atoms with E-state index < -0.39 is 30.2 Å². The highest BCUT2D eigenvalue weighted by molar-refractivity contribution is 5.88. The minimum absolute atomic E-state index is 0.340. The van der Waals surface area contributed by atoms with Crippen LogP contribution in [0, 0.1) is 13.8 Å². The maximum Gasteiger partial charge on any atom is 0.326 e. The van der Waals surface area contributed by atoms with Gasteiger partial charge in [-0.3, -0.25) is 9.59 Å². The van der Waals surface area contributed by atoms with Gasteiger partial charge >= 0.3 is 5.97 Å². The largest absolute Gasteiger partial charge is 0.483 e. The van der Waals surface area contributed by atoms with Crippen LogP contribution in [-0.4, -0.2) is 35.5 Å². The molecule has 2 amide bonds. The molecule has 0 heterocycles. The molecule has 7 nitrogen and oxygen atoms in total. The van der Waals surface area contributed by atoms with Crippen molar-refractivity contribution in [3.8, 4) is 5.75 Å². The fraction of sp³-hybridized carbons (Fsp3) is 0.357. The first-order valence-corrected chi connectivity index (χ1v) is 6.30. The number of hydrogen-bond acceptors (Lipinski definition) is 4. The van der Waals surface area contributed by atoms with Crippen LogP contribution in [0.2, 0.25) is 0 Å². The number of primary amides is 1. The summed E-state index contributed by atoms with van der Waals surface area (Å²) in [5.41, 5.74) is 6.84. The Balaban J connectivity index is 2.59. The third kappa shape index (κ3) is 5.13. The monoisotopic (exact) mass is 294 g/mol. The molecule has 114 valence electrons. The molecule has 0 radical (unpaired) electrons. The van der Waals surface area contributed by atoms with E-state index in [0.717, 1.165) is 11.1 Å². The van der Waals surface area contributed by atoms with Gasteiger partial charge in [-0.2, -0.15) is 0 Å². The van der Waals surface area contributed by atoms with E-state index in [-0.39, 0.29) is 6.61 Å². The molecule has 1 atom stereocenters. The average molecular weight is 294 g/mol. The minimum atomic E-state index is -1.35. The number of amides is 2. The van der Waals surface area contributed by atoms with Crippen molar-refractivity contribution in [3.63, 3.8) is 0 Å². The number of ether oxygens (including phenoxy) is 1. The number of aryl methyl sites for hydroxylation is 1. The number of carbonyl (C=O) groups is 3. The molecule has 1 aromatic rings. The highest BCUT2D eigenvalue weighted by Crippen LogP contribution is 2.20. The van der Waals surface area contributed by atoms with Gasteiger partial charge in [0, 0.05) is 0 Å². The molecule has 1 aromatic carbocycles. The lowest BCUT2D eigenvalue weighted by Crippen LogP contribution is -2.45. The number of carbonyl (C=O) groups excluding carboxylic acids is 2. The molecule has 0 bridgehead atoms. The van der Waals surface area contributed by atoms with Crippen molar-refractivity contribution in [2.45, 2.75) is 26.3 Å². The van der Waals surface area contributed by atoms with E-state index in [1.54, 1.807) is 12.1 Å². The molecule has 4 N–H and O–H groups in total. The van der Waals surface area contributed by atoms with Gasteiger partial charge < -0.3 is 20.9 Å². The Bertz CT molecular complexity index is 556. The van der Waals surface area contributed by atoms with Gasteiger partial charge in [-0.15, -0.1) is 0 Å². The third-order valence-electron chi connectivity index (χ3n) is 2.95. The van der Waals surface area contributed by atoms with E-state index >= 15 is 0 Å². The van der Waals surface area contributed by atoms with E-state index in [1.807, 2.05) is 19.9 Å². The van der Waals surface area contributed by atoms with E-state index in [9.17, 15) is 14.4 Å². The van der Waals surface area contributed by atoms with Gasteiger partial charge in [-0.1, -0.05) is 12.1 Å². The number of benzene rings is 1. The number of nitrogens with one attached hydrogen (secondary N) is 1. The van der Waals surface area contributed by atoms with Crippen molar-refractivity contribution >= 4 is 17.8 Å². The quantitative estimate of drug-likeness (QED) is 0.660. The summed E-state index contributed by atoms with van der Waals surface area (Å²) < 4.78 is 5.34. The van der Waals surface area contributed by atoms with Crippen molar-refractivity contribution in [2.24, 2.45) is 5.73 Å². The molecule has 0 fully saturated rings. The molecule has 1 unspecified atom stereocenters. The average Bonchev–Trinajstić information content (AvgIpc) is 2.39. The molecule has 0 aliphatic carbocycles. The number of rotatable bonds is 7. The van der Waals surface area contributed by atoms with Gasteiger partial charge in [0.05, 0.1) is 6.42 Å². The van der Waals surface area contributed by atoms with Crippen LogP contribution in [0.3, 0.4) is 0 Å². The van der Waals surface area contributed by atoms with Crippen LogP contribution in [0.1, 0.15) is 17.5 Å². The predicted molar refractivity (Wildman–Crippen MR) is 74.8 cm³/mol. The molecule has 0 aromatic heterocycles. The Morgan fingerprint density at radius 2 is 2.00 bits per heavy atom. The van der Waals surface area contributed by atoms with Gasteiger partial charge in [-0.25, -0.2) is 4.79 Å². The Morgan fingerprint density at radius 1 is 1.33 bits per heavy atom. The van der Waals surface area contributed by atoms with Crippen molar-refractivity contribution in [1.29, 1.82) is 0 Å². The van der Waals surface area contributed by atoms with Crippen molar-refractivity contribution < 1.29 is 24.2 Å². The fourth-order valence-electron chi connectivity index (χ4n) is 1.66. The molecule has 21 heavy (non-hydrogen) atoms. The summed E-state index contributed by atoms with van der Waals surface area (Å²) in [5, 5.41) is 11.1. The Hall–Kier alpha value is -2.57. The fourth-order valence-corrected chi connectivity index (χ4v) is 1.66. The summed E-state index contributed by atoms with van der Waals surface area (Å²) in [6.45, 7) is 3.43. The SMILES string of the molecule is Cc1cccc(OCC(=O)NC(CC(N)=O)C(=O)O)c1C. The molecule has 7 heteroatoms. The Morgan fingerprint density at radius 3 is 2.57 bits per heavy atom. The van der Waals surface area contributed by atoms with Crippen molar-refractivity contribution in [1.82, 2.24) is 5.32 Å². The summed E-state index contributed by atoms with van der Waals surface area (Å²) >= 11 is 0. The van der Waals surface area contributed by atoms with Crippen molar-refractivity contribution in [3.05, 3.63) is 29.3 Å². The van der Waals surface area contributed by atoms with Crippen LogP contribution in [0.4, 0.5) is 0 Å². The molecular weight excluding hydrogens is 276 g/mol. The van der Waals surface area contributed by atoms with E-state index in [0.29, 0.717) is 5.75 Å². The maximum absolute atomic E-state index is 11.7. The predicted octanol–water partition coefficient (Wildman–Crippen LogP) is 0.127. The van der Waals surface area contributed by atoms with Gasteiger partial charge in [0.1, 0.15) is 11.8 Å². The summed E-state index contributed by atoms with van der Waals surface area (Å²) in [5.74, 6) is -2.22. The number of nitrogens with two attached hydrogens (primary N) is 1. The van der Waals surface area contributed by atoms with Gasteiger partial charge in [0.2, 0.25) is 5.91 Å². The standard InChI is InChI=1S/C14H18N2O5/c1-8-4-3-5-11(9(8)2)21-7-13(18)16-10(14(19)20)6-12(15)17/h3-5,10H,6-7H2,1-2H3,(H2,15,17)(H,16,18)(H,19,20). The second-order valence-electron chi connectivity index (χ2n) is 4.62. The van der Waals surface area contributed by atoms with Gasteiger partial charge in [-0.05, 0) is 31.0 Å². The summed E-state index contributed by atoms with van der Waals surface area (Å²) in [6.07, 6.45) is -0.468. The molecule has 0 saturated heterocycles. The molecule has 0 spiro atoms. The van der Waals surface area contributed by atoms with Crippen LogP contribution in [0.15, 0.2) is 18.2 Å². The number of hydrogen-bond donors (Lipinski definition) is 3. The van der Waals surface area contributed by atoms with Crippen molar-refractivity contribution in [2.75, 3.05) is 6.61 Å². The molecule has 0 saturated carbocycles. The second-order valence-corrected chi connectivity index (χ2v) is 4.62. The first-order valence-electron chi connectivity index (χ1n) is 6.30. The lowest BCUT2D eigenvalue weighted by atomic mass is 10.1. The number of carboxylic acids is 1.